The van der Waals surface area contributed by atoms with Crippen molar-refractivity contribution >= 4 is 0 Å². The van der Waals surface area contributed by atoms with Crippen LogP contribution in [-0.2, 0) is 9.47 Å². The first-order valence-corrected chi connectivity index (χ1v) is 8.75. The Kier molecular flexibility index (Phi) is 5.23. The normalized spacial score (nSPS) is 24.1. The fraction of sp³-hybridized carbons (Fsp3) is 0.778. The molecule has 0 aromatic rings. The van der Waals surface area contributed by atoms with Crippen molar-refractivity contribution in [2.75, 3.05) is 19.9 Å². The van der Waals surface area contributed by atoms with Gasteiger partial charge in [-0.25, -0.2) is 0 Å². The highest BCUT2D eigenvalue weighted by Crippen LogP contribution is 2.31. The van der Waals surface area contributed by atoms with Crippen molar-refractivity contribution < 1.29 is 9.47 Å². The Labute approximate surface area is 129 Å². The van der Waals surface area contributed by atoms with Crippen molar-refractivity contribution in [3.8, 4) is 0 Å². The number of ether oxygens (including phenoxy) is 2. The highest BCUT2D eigenvalue weighted by Gasteiger charge is 2.21. The fourth-order valence-electron chi connectivity index (χ4n) is 3.70. The summed E-state index contributed by atoms with van der Waals surface area (Å²) < 4.78 is 10.9. The number of nitrogens with zero attached hydrogens (tertiary/aromatic N) is 1. The van der Waals surface area contributed by atoms with Gasteiger partial charge in [-0.2, -0.15) is 0 Å². The minimum Gasteiger partial charge on any atom is -0.458 e. The Bertz CT molecular complexity index is 407. The van der Waals surface area contributed by atoms with Crippen LogP contribution in [-0.4, -0.2) is 30.8 Å². The summed E-state index contributed by atoms with van der Waals surface area (Å²) >= 11 is 0. The largest absolute Gasteiger partial charge is 0.458 e. The Morgan fingerprint density at radius 3 is 2.81 bits per heavy atom. The van der Waals surface area contributed by atoms with E-state index < -0.39 is 0 Å². The second-order valence-electron chi connectivity index (χ2n) is 6.69. The summed E-state index contributed by atoms with van der Waals surface area (Å²) in [6.07, 6.45) is 13.9. The van der Waals surface area contributed by atoms with Crippen LogP contribution in [0.1, 0.15) is 64.7 Å². The van der Waals surface area contributed by atoms with Gasteiger partial charge in [-0.05, 0) is 64.6 Å². The van der Waals surface area contributed by atoms with Gasteiger partial charge in [0.2, 0.25) is 6.79 Å². The molecule has 1 saturated heterocycles. The van der Waals surface area contributed by atoms with Gasteiger partial charge in [0.15, 0.2) is 5.76 Å². The van der Waals surface area contributed by atoms with Crippen molar-refractivity contribution in [2.24, 2.45) is 0 Å². The minimum absolute atomic E-state index is 0.418. The van der Waals surface area contributed by atoms with Gasteiger partial charge in [0.05, 0.1) is 0 Å². The summed E-state index contributed by atoms with van der Waals surface area (Å²) in [6, 6.07) is 0.770. The van der Waals surface area contributed by atoms with E-state index in [0.29, 0.717) is 6.79 Å². The number of piperidine rings is 1. The van der Waals surface area contributed by atoms with Crippen LogP contribution in [0.2, 0.25) is 0 Å². The highest BCUT2D eigenvalue weighted by atomic mass is 16.7. The van der Waals surface area contributed by atoms with Crippen molar-refractivity contribution in [1.29, 1.82) is 0 Å². The predicted molar refractivity (Wildman–Crippen MR) is 84.7 cm³/mol. The van der Waals surface area contributed by atoms with Crippen LogP contribution < -0.4 is 0 Å². The molecule has 0 aromatic heterocycles. The maximum Gasteiger partial charge on any atom is 0.230 e. The molecule has 3 rings (SSSR count). The molecule has 3 aliphatic rings. The van der Waals surface area contributed by atoms with E-state index in [9.17, 15) is 0 Å². The lowest BCUT2D eigenvalue weighted by molar-refractivity contribution is 0.0729. The van der Waals surface area contributed by atoms with Crippen LogP contribution in [0.4, 0.5) is 0 Å². The summed E-state index contributed by atoms with van der Waals surface area (Å²) in [5, 5.41) is 0. The Balaban J connectivity index is 1.35. The number of unbranched alkanes of at least 4 members (excludes halogenated alkanes) is 1. The molecule has 2 heterocycles. The molecular weight excluding hydrogens is 262 g/mol. The third-order valence-electron chi connectivity index (χ3n) is 5.11. The van der Waals surface area contributed by atoms with Crippen molar-refractivity contribution in [3.05, 3.63) is 23.2 Å². The Morgan fingerprint density at radius 1 is 1.10 bits per heavy atom. The van der Waals surface area contributed by atoms with Crippen LogP contribution >= 0.6 is 0 Å². The summed E-state index contributed by atoms with van der Waals surface area (Å²) in [5.41, 5.74) is 1.55. The maximum absolute atomic E-state index is 5.49. The third kappa shape index (κ3) is 4.03. The quantitative estimate of drug-likeness (QED) is 0.679. The average Bonchev–Trinajstić information content (AvgIpc) is 3.00. The molecule has 21 heavy (non-hydrogen) atoms. The molecule has 0 amide bonds. The SMILES string of the molecule is CC(CCCCC1=CC2=C(CC1)OCO2)N1CCCCC1. The second kappa shape index (κ2) is 7.35. The van der Waals surface area contributed by atoms with Gasteiger partial charge in [-0.3, -0.25) is 0 Å². The molecule has 0 spiro atoms. The minimum atomic E-state index is 0.418. The second-order valence-corrected chi connectivity index (χ2v) is 6.69. The zero-order chi connectivity index (χ0) is 14.5. The van der Waals surface area contributed by atoms with E-state index >= 15 is 0 Å². The fourth-order valence-corrected chi connectivity index (χ4v) is 3.70. The van der Waals surface area contributed by atoms with E-state index in [1.165, 1.54) is 58.0 Å². The molecule has 0 N–H and O–H groups in total. The van der Waals surface area contributed by atoms with Crippen LogP contribution in [0.15, 0.2) is 23.2 Å². The molecule has 0 bridgehead atoms. The molecule has 3 heteroatoms. The lowest BCUT2D eigenvalue weighted by Crippen LogP contribution is -2.37. The molecule has 3 nitrogen and oxygen atoms in total. The first kappa shape index (κ1) is 15.0. The van der Waals surface area contributed by atoms with Gasteiger partial charge in [0, 0.05) is 12.5 Å². The van der Waals surface area contributed by atoms with Gasteiger partial charge >= 0.3 is 0 Å². The van der Waals surface area contributed by atoms with Crippen LogP contribution in [0.5, 0.6) is 0 Å². The van der Waals surface area contributed by atoms with E-state index in [2.05, 4.69) is 17.9 Å². The van der Waals surface area contributed by atoms with Gasteiger partial charge in [-0.1, -0.05) is 18.4 Å². The number of rotatable bonds is 6. The molecular formula is C18H29NO2. The summed E-state index contributed by atoms with van der Waals surface area (Å²) in [6.45, 7) is 5.47. The lowest BCUT2D eigenvalue weighted by Gasteiger charge is -2.32. The van der Waals surface area contributed by atoms with Gasteiger partial charge < -0.3 is 14.4 Å². The maximum atomic E-state index is 5.49. The third-order valence-corrected chi connectivity index (χ3v) is 5.11. The molecule has 1 unspecified atom stereocenters. The molecule has 1 aliphatic carbocycles. The van der Waals surface area contributed by atoms with Crippen LogP contribution in [0, 0.1) is 0 Å². The van der Waals surface area contributed by atoms with E-state index in [1.54, 1.807) is 5.57 Å². The molecule has 2 aliphatic heterocycles. The number of likely N-dealkylation sites (tertiary alicyclic amines) is 1. The topological polar surface area (TPSA) is 21.7 Å². The first-order chi connectivity index (χ1) is 10.3. The van der Waals surface area contributed by atoms with E-state index in [-0.39, 0.29) is 0 Å². The zero-order valence-electron chi connectivity index (χ0n) is 13.4. The van der Waals surface area contributed by atoms with Crippen molar-refractivity contribution in [2.45, 2.75) is 70.8 Å². The number of allylic oxidation sites excluding steroid dienone is 3. The van der Waals surface area contributed by atoms with E-state index in [0.717, 1.165) is 30.4 Å². The molecule has 1 fully saturated rings. The molecule has 1 atom stereocenters. The monoisotopic (exact) mass is 291 g/mol. The standard InChI is InChI=1S/C18H29NO2/c1-15(19-11-5-2-6-12-19)7-3-4-8-16-9-10-17-18(13-16)21-14-20-17/h13,15H,2-12,14H2,1H3. The molecule has 0 radical (unpaired) electrons. The van der Waals surface area contributed by atoms with Gasteiger partial charge in [-0.15, -0.1) is 0 Å². The smallest absolute Gasteiger partial charge is 0.230 e. The van der Waals surface area contributed by atoms with Gasteiger partial charge in [0.25, 0.3) is 0 Å². The molecule has 118 valence electrons. The highest BCUT2D eigenvalue weighted by molar-refractivity contribution is 5.28. The summed E-state index contributed by atoms with van der Waals surface area (Å²) in [5.74, 6) is 2.07. The number of hydrogen-bond donors (Lipinski definition) is 0. The van der Waals surface area contributed by atoms with Crippen molar-refractivity contribution in [3.63, 3.8) is 0 Å². The van der Waals surface area contributed by atoms with Crippen LogP contribution in [0.3, 0.4) is 0 Å². The predicted octanol–water partition coefficient (Wildman–Crippen LogP) is 4.36. The summed E-state index contributed by atoms with van der Waals surface area (Å²) in [4.78, 5) is 2.68. The number of hydrogen-bond acceptors (Lipinski definition) is 3. The van der Waals surface area contributed by atoms with E-state index in [1.807, 2.05) is 0 Å². The Morgan fingerprint density at radius 2 is 1.95 bits per heavy atom. The van der Waals surface area contributed by atoms with E-state index in [4.69, 9.17) is 9.47 Å². The molecule has 0 saturated carbocycles. The lowest BCUT2D eigenvalue weighted by atomic mass is 9.96. The van der Waals surface area contributed by atoms with Gasteiger partial charge in [0.1, 0.15) is 5.76 Å². The van der Waals surface area contributed by atoms with Crippen LogP contribution in [0.25, 0.3) is 0 Å². The molecule has 0 aromatic carbocycles. The zero-order valence-corrected chi connectivity index (χ0v) is 13.4. The average molecular weight is 291 g/mol. The first-order valence-electron chi connectivity index (χ1n) is 8.75. The summed E-state index contributed by atoms with van der Waals surface area (Å²) in [7, 11) is 0. The Hall–Kier alpha value is -0.960. The van der Waals surface area contributed by atoms with Crippen molar-refractivity contribution in [1.82, 2.24) is 4.90 Å².